The summed E-state index contributed by atoms with van der Waals surface area (Å²) in [5, 5.41) is 8.52. The van der Waals surface area contributed by atoms with Gasteiger partial charge in [-0.2, -0.15) is 5.10 Å². The number of aromatic nitrogens is 4. The number of hydrogen-bond acceptors (Lipinski definition) is 7. The molecule has 0 aliphatic carbocycles. The Labute approximate surface area is 226 Å². The number of nitrogens with one attached hydrogen (secondary N) is 1. The molecule has 5 aromatic rings. The van der Waals surface area contributed by atoms with E-state index in [4.69, 9.17) is 4.74 Å². The third-order valence-electron chi connectivity index (χ3n) is 7.00. The second-order valence-corrected chi connectivity index (χ2v) is 9.36. The Morgan fingerprint density at radius 3 is 2.36 bits per heavy atom. The minimum absolute atomic E-state index is 0.111. The van der Waals surface area contributed by atoms with E-state index in [0.717, 1.165) is 65.7 Å². The lowest BCUT2D eigenvalue weighted by molar-refractivity contribution is 0.0951. The van der Waals surface area contributed by atoms with E-state index < -0.39 is 0 Å². The van der Waals surface area contributed by atoms with Crippen molar-refractivity contribution in [3.05, 3.63) is 103 Å². The molecule has 1 aliphatic rings. The fourth-order valence-electron chi connectivity index (χ4n) is 4.96. The minimum atomic E-state index is -0.111. The zero-order valence-corrected chi connectivity index (χ0v) is 21.7. The summed E-state index contributed by atoms with van der Waals surface area (Å²) in [4.78, 5) is 26.6. The van der Waals surface area contributed by atoms with Gasteiger partial charge in [0, 0.05) is 38.3 Å². The summed E-state index contributed by atoms with van der Waals surface area (Å²) in [6.45, 7) is 3.51. The van der Waals surface area contributed by atoms with Crippen LogP contribution in [0.4, 0.5) is 11.5 Å². The number of para-hydroxylation sites is 1. The van der Waals surface area contributed by atoms with Gasteiger partial charge in [0.25, 0.3) is 5.91 Å². The zero-order valence-electron chi connectivity index (χ0n) is 21.7. The molecule has 0 bridgehead atoms. The Hall–Kier alpha value is -4.92. The van der Waals surface area contributed by atoms with Crippen LogP contribution in [0.25, 0.3) is 16.7 Å². The average molecular weight is 520 g/mol. The van der Waals surface area contributed by atoms with Crippen LogP contribution in [0.15, 0.2) is 91.4 Å². The molecule has 1 aliphatic heterocycles. The lowest BCUT2D eigenvalue weighted by atomic mass is 10.1. The summed E-state index contributed by atoms with van der Waals surface area (Å²) < 4.78 is 7.50. The molecule has 2 aromatic heterocycles. The van der Waals surface area contributed by atoms with E-state index in [-0.39, 0.29) is 5.91 Å². The van der Waals surface area contributed by atoms with Crippen molar-refractivity contribution in [3.8, 4) is 11.4 Å². The maximum Gasteiger partial charge on any atom is 0.251 e. The van der Waals surface area contributed by atoms with Crippen molar-refractivity contribution < 1.29 is 9.53 Å². The topological polar surface area (TPSA) is 88.4 Å². The molecule has 1 saturated heterocycles. The van der Waals surface area contributed by atoms with Crippen molar-refractivity contribution in [1.82, 2.24) is 25.1 Å². The van der Waals surface area contributed by atoms with Gasteiger partial charge < -0.3 is 19.9 Å². The third kappa shape index (κ3) is 4.98. The summed E-state index contributed by atoms with van der Waals surface area (Å²) in [5.41, 5.74) is 4.32. The first kappa shape index (κ1) is 24.4. The Morgan fingerprint density at radius 2 is 1.62 bits per heavy atom. The van der Waals surface area contributed by atoms with Gasteiger partial charge in [-0.05, 0) is 35.9 Å². The van der Waals surface area contributed by atoms with Gasteiger partial charge in [-0.1, -0.05) is 48.5 Å². The molecule has 0 radical (unpaired) electrons. The van der Waals surface area contributed by atoms with Crippen molar-refractivity contribution >= 4 is 28.4 Å². The number of carbonyl (C=O) groups is 1. The molecule has 1 amide bonds. The number of anilines is 2. The van der Waals surface area contributed by atoms with E-state index in [0.29, 0.717) is 12.1 Å². The van der Waals surface area contributed by atoms with Crippen molar-refractivity contribution in [2.45, 2.75) is 6.54 Å². The summed E-state index contributed by atoms with van der Waals surface area (Å²) in [6, 6.07) is 25.5. The number of amides is 1. The number of benzene rings is 3. The summed E-state index contributed by atoms with van der Waals surface area (Å²) in [5.74, 6) is 1.51. The van der Waals surface area contributed by atoms with Gasteiger partial charge in [0.2, 0.25) is 0 Å². The van der Waals surface area contributed by atoms with Crippen LogP contribution in [-0.4, -0.2) is 58.9 Å². The highest BCUT2D eigenvalue weighted by Gasteiger charge is 2.24. The SMILES string of the molecule is COc1ccc(C(=O)NCc2ccccc2)cc1N1CCN(c2ncnc3c2cnn3-c2ccccc2)CC1. The van der Waals surface area contributed by atoms with Crippen LogP contribution in [0.1, 0.15) is 15.9 Å². The fourth-order valence-corrected chi connectivity index (χ4v) is 4.96. The number of hydrogen-bond donors (Lipinski definition) is 1. The number of piperazine rings is 1. The Kier molecular flexibility index (Phi) is 6.78. The zero-order chi connectivity index (χ0) is 26.6. The monoisotopic (exact) mass is 519 g/mol. The third-order valence-corrected chi connectivity index (χ3v) is 7.00. The predicted molar refractivity (Wildman–Crippen MR) is 152 cm³/mol. The molecule has 39 heavy (non-hydrogen) atoms. The van der Waals surface area contributed by atoms with Crippen LogP contribution in [0.2, 0.25) is 0 Å². The Balaban J connectivity index is 1.18. The van der Waals surface area contributed by atoms with Gasteiger partial charge in [0.05, 0.1) is 30.1 Å². The second kappa shape index (κ2) is 10.8. The first-order chi connectivity index (χ1) is 19.2. The maximum atomic E-state index is 12.9. The van der Waals surface area contributed by atoms with E-state index in [2.05, 4.69) is 30.2 Å². The van der Waals surface area contributed by atoms with E-state index >= 15 is 0 Å². The van der Waals surface area contributed by atoms with E-state index in [1.54, 1.807) is 19.5 Å². The van der Waals surface area contributed by atoms with Crippen molar-refractivity contribution in [2.75, 3.05) is 43.1 Å². The maximum absolute atomic E-state index is 12.9. The van der Waals surface area contributed by atoms with E-state index in [1.807, 2.05) is 83.7 Å². The van der Waals surface area contributed by atoms with Crippen LogP contribution in [0.5, 0.6) is 5.75 Å². The van der Waals surface area contributed by atoms with Gasteiger partial charge in [0.1, 0.15) is 17.9 Å². The van der Waals surface area contributed by atoms with E-state index in [9.17, 15) is 4.79 Å². The molecule has 9 nitrogen and oxygen atoms in total. The normalized spacial score (nSPS) is 13.5. The molecule has 0 saturated carbocycles. The molecule has 0 atom stereocenters. The van der Waals surface area contributed by atoms with Crippen molar-refractivity contribution in [2.24, 2.45) is 0 Å². The first-order valence-electron chi connectivity index (χ1n) is 13.0. The van der Waals surface area contributed by atoms with Gasteiger partial charge in [0.15, 0.2) is 5.65 Å². The van der Waals surface area contributed by atoms with Crippen LogP contribution in [0.3, 0.4) is 0 Å². The van der Waals surface area contributed by atoms with Crippen molar-refractivity contribution in [3.63, 3.8) is 0 Å². The van der Waals surface area contributed by atoms with Gasteiger partial charge in [-0.3, -0.25) is 4.79 Å². The number of ether oxygens (including phenoxy) is 1. The van der Waals surface area contributed by atoms with Crippen LogP contribution in [0, 0.1) is 0 Å². The number of carbonyl (C=O) groups excluding carboxylic acids is 1. The number of methoxy groups -OCH3 is 1. The van der Waals surface area contributed by atoms with Crippen LogP contribution < -0.4 is 19.9 Å². The quantitative estimate of drug-likeness (QED) is 0.347. The van der Waals surface area contributed by atoms with Crippen LogP contribution in [-0.2, 0) is 6.54 Å². The molecule has 3 aromatic carbocycles. The highest BCUT2D eigenvalue weighted by molar-refractivity contribution is 5.95. The van der Waals surface area contributed by atoms with Gasteiger partial charge >= 0.3 is 0 Å². The average Bonchev–Trinajstić information content (AvgIpc) is 3.45. The highest BCUT2D eigenvalue weighted by atomic mass is 16.5. The second-order valence-electron chi connectivity index (χ2n) is 9.36. The number of fused-ring (bicyclic) bond motifs is 1. The standard InChI is InChI=1S/C30H29N7O2/c1-39-27-13-12-23(30(38)31-19-22-8-4-2-5-9-22)18-26(27)35-14-16-36(17-15-35)28-25-20-34-37(29(25)33-21-32-28)24-10-6-3-7-11-24/h2-13,18,20-21H,14-17,19H2,1H3,(H,31,38). The lowest BCUT2D eigenvalue weighted by Crippen LogP contribution is -2.47. The summed E-state index contributed by atoms with van der Waals surface area (Å²) in [7, 11) is 1.66. The summed E-state index contributed by atoms with van der Waals surface area (Å²) >= 11 is 0. The highest BCUT2D eigenvalue weighted by Crippen LogP contribution is 2.32. The molecule has 0 spiro atoms. The lowest BCUT2D eigenvalue weighted by Gasteiger charge is -2.37. The van der Waals surface area contributed by atoms with E-state index in [1.165, 1.54) is 0 Å². The summed E-state index contributed by atoms with van der Waals surface area (Å²) in [6.07, 6.45) is 3.44. The number of rotatable bonds is 7. The fraction of sp³-hybridized carbons (Fsp3) is 0.200. The molecule has 196 valence electrons. The molecule has 1 N–H and O–H groups in total. The minimum Gasteiger partial charge on any atom is -0.495 e. The largest absolute Gasteiger partial charge is 0.495 e. The first-order valence-corrected chi connectivity index (χ1v) is 13.0. The molecular formula is C30H29N7O2. The Morgan fingerprint density at radius 1 is 0.897 bits per heavy atom. The molecule has 0 unspecified atom stereocenters. The molecule has 3 heterocycles. The predicted octanol–water partition coefficient (Wildman–Crippen LogP) is 4.08. The van der Waals surface area contributed by atoms with Crippen LogP contribution >= 0.6 is 0 Å². The molecule has 9 heteroatoms. The smallest absolute Gasteiger partial charge is 0.251 e. The van der Waals surface area contributed by atoms with Gasteiger partial charge in [-0.25, -0.2) is 14.6 Å². The molecule has 6 rings (SSSR count). The Bertz CT molecular complexity index is 1580. The van der Waals surface area contributed by atoms with Crippen molar-refractivity contribution in [1.29, 1.82) is 0 Å². The molecular weight excluding hydrogens is 490 g/mol. The molecule has 1 fully saturated rings. The van der Waals surface area contributed by atoms with Gasteiger partial charge in [-0.15, -0.1) is 0 Å². The number of nitrogens with zero attached hydrogens (tertiary/aromatic N) is 6.